The molecule has 2 amide bonds. The largest absolute Gasteiger partial charge is 0.497 e. The zero-order chi connectivity index (χ0) is 18.1. The molecule has 2 aliphatic heterocycles. The van der Waals surface area contributed by atoms with E-state index in [1.807, 2.05) is 48.5 Å². The number of amides is 2. The standard InChI is InChI=1S/C20H20N2O3S/c1-25-14-8-6-13(7-9-14)10-11-21-18(23)17-12-26-20-16-5-3-2-4-15(16)19(24)22(17)20/h2-9,17,20H,10-12H2,1H3,(H,21,23)/t17-,20?/m0/s1. The van der Waals surface area contributed by atoms with Crippen molar-refractivity contribution >= 4 is 23.6 Å². The highest BCUT2D eigenvalue weighted by Gasteiger charge is 2.48. The van der Waals surface area contributed by atoms with E-state index in [0.29, 0.717) is 12.3 Å². The molecule has 0 bridgehead atoms. The molecule has 1 fully saturated rings. The Balaban J connectivity index is 1.36. The van der Waals surface area contributed by atoms with Crippen molar-refractivity contribution in [2.24, 2.45) is 0 Å². The van der Waals surface area contributed by atoms with Crippen LogP contribution in [-0.4, -0.2) is 42.2 Å². The molecule has 0 saturated carbocycles. The monoisotopic (exact) mass is 368 g/mol. The van der Waals surface area contributed by atoms with Crippen molar-refractivity contribution in [1.29, 1.82) is 0 Å². The number of thioether (sulfide) groups is 1. The highest BCUT2D eigenvalue weighted by molar-refractivity contribution is 7.99. The lowest BCUT2D eigenvalue weighted by Gasteiger charge is -2.22. The quantitative estimate of drug-likeness (QED) is 0.881. The smallest absolute Gasteiger partial charge is 0.256 e. The van der Waals surface area contributed by atoms with Crippen LogP contribution in [0.25, 0.3) is 0 Å². The van der Waals surface area contributed by atoms with Gasteiger partial charge in [-0.25, -0.2) is 0 Å². The van der Waals surface area contributed by atoms with Gasteiger partial charge in [-0.2, -0.15) is 0 Å². The molecular weight excluding hydrogens is 348 g/mol. The van der Waals surface area contributed by atoms with Crippen LogP contribution in [0.5, 0.6) is 5.75 Å². The lowest BCUT2D eigenvalue weighted by molar-refractivity contribution is -0.124. The summed E-state index contributed by atoms with van der Waals surface area (Å²) in [6.45, 7) is 0.548. The first kappa shape index (κ1) is 17.0. The molecule has 2 heterocycles. The van der Waals surface area contributed by atoms with Crippen LogP contribution in [0.4, 0.5) is 0 Å². The number of carbonyl (C=O) groups is 2. The minimum Gasteiger partial charge on any atom is -0.497 e. The van der Waals surface area contributed by atoms with Crippen molar-refractivity contribution in [3.05, 3.63) is 65.2 Å². The summed E-state index contributed by atoms with van der Waals surface area (Å²) in [4.78, 5) is 27.0. The van der Waals surface area contributed by atoms with Crippen molar-refractivity contribution in [2.75, 3.05) is 19.4 Å². The SMILES string of the molecule is COc1ccc(CCNC(=O)[C@@H]2CSC3c4ccccc4C(=O)N32)cc1. The van der Waals surface area contributed by atoms with E-state index >= 15 is 0 Å². The molecular formula is C20H20N2O3S. The van der Waals surface area contributed by atoms with E-state index < -0.39 is 6.04 Å². The predicted octanol–water partition coefficient (Wildman–Crippen LogP) is 2.62. The topological polar surface area (TPSA) is 58.6 Å². The highest BCUT2D eigenvalue weighted by Crippen LogP contribution is 2.47. The Kier molecular flexibility index (Phi) is 4.59. The second kappa shape index (κ2) is 7.03. The minimum absolute atomic E-state index is 0.0314. The van der Waals surface area contributed by atoms with Crippen LogP contribution in [0.15, 0.2) is 48.5 Å². The molecule has 2 atom stereocenters. The second-order valence-corrected chi connectivity index (χ2v) is 7.50. The van der Waals surface area contributed by atoms with Crippen molar-refractivity contribution in [1.82, 2.24) is 10.2 Å². The number of nitrogens with zero attached hydrogens (tertiary/aromatic N) is 1. The Morgan fingerprint density at radius 3 is 2.77 bits per heavy atom. The fourth-order valence-corrected chi connectivity index (χ4v) is 4.95. The van der Waals surface area contributed by atoms with Gasteiger partial charge in [-0.05, 0) is 35.7 Å². The summed E-state index contributed by atoms with van der Waals surface area (Å²) >= 11 is 1.66. The van der Waals surface area contributed by atoms with Crippen LogP contribution in [0, 0.1) is 0 Å². The lowest BCUT2D eigenvalue weighted by atomic mass is 10.1. The lowest BCUT2D eigenvalue weighted by Crippen LogP contribution is -2.46. The fraction of sp³-hybridized carbons (Fsp3) is 0.300. The number of benzene rings is 2. The van der Waals surface area contributed by atoms with Crippen LogP contribution < -0.4 is 10.1 Å². The van der Waals surface area contributed by atoms with Gasteiger partial charge in [0.1, 0.15) is 17.2 Å². The van der Waals surface area contributed by atoms with E-state index in [0.717, 1.165) is 28.9 Å². The average Bonchev–Trinajstić information content (AvgIpc) is 3.23. The number of nitrogens with one attached hydrogen (secondary N) is 1. The van der Waals surface area contributed by atoms with E-state index in [-0.39, 0.29) is 17.2 Å². The number of hydrogen-bond donors (Lipinski definition) is 1. The van der Waals surface area contributed by atoms with Gasteiger partial charge in [0.05, 0.1) is 7.11 Å². The van der Waals surface area contributed by atoms with Gasteiger partial charge in [-0.15, -0.1) is 11.8 Å². The maximum absolute atomic E-state index is 12.7. The molecule has 1 N–H and O–H groups in total. The number of rotatable bonds is 5. The third-order valence-corrected chi connectivity index (χ3v) is 6.17. The van der Waals surface area contributed by atoms with Crippen LogP contribution in [0.2, 0.25) is 0 Å². The summed E-state index contributed by atoms with van der Waals surface area (Å²) in [5, 5.41) is 2.95. The molecule has 0 aliphatic carbocycles. The first-order chi connectivity index (χ1) is 12.7. The summed E-state index contributed by atoms with van der Waals surface area (Å²) in [5.74, 6) is 1.35. The van der Waals surface area contributed by atoms with Gasteiger partial charge in [-0.1, -0.05) is 30.3 Å². The molecule has 2 aromatic rings. The number of fused-ring (bicyclic) bond motifs is 3. The van der Waals surface area contributed by atoms with Gasteiger partial charge in [0.2, 0.25) is 5.91 Å². The Morgan fingerprint density at radius 2 is 2.00 bits per heavy atom. The number of hydrogen-bond acceptors (Lipinski definition) is 4. The summed E-state index contributed by atoms with van der Waals surface area (Å²) < 4.78 is 5.15. The molecule has 134 valence electrons. The van der Waals surface area contributed by atoms with Gasteiger partial charge >= 0.3 is 0 Å². The van der Waals surface area contributed by atoms with Crippen molar-refractivity contribution < 1.29 is 14.3 Å². The Bertz CT molecular complexity index is 837. The van der Waals surface area contributed by atoms with E-state index in [9.17, 15) is 9.59 Å². The third kappa shape index (κ3) is 2.94. The van der Waals surface area contributed by atoms with Gasteiger partial charge in [0.25, 0.3) is 5.91 Å². The van der Waals surface area contributed by atoms with E-state index in [4.69, 9.17) is 4.74 Å². The van der Waals surface area contributed by atoms with Gasteiger partial charge < -0.3 is 15.0 Å². The average molecular weight is 368 g/mol. The highest BCUT2D eigenvalue weighted by atomic mass is 32.2. The van der Waals surface area contributed by atoms with E-state index in [1.54, 1.807) is 23.8 Å². The summed E-state index contributed by atoms with van der Waals surface area (Å²) in [7, 11) is 1.64. The fourth-order valence-electron chi connectivity index (χ4n) is 3.48. The Hall–Kier alpha value is -2.47. The first-order valence-corrected chi connectivity index (χ1v) is 9.68. The molecule has 6 heteroatoms. The van der Waals surface area contributed by atoms with Gasteiger partial charge in [-0.3, -0.25) is 9.59 Å². The first-order valence-electron chi connectivity index (χ1n) is 8.63. The predicted molar refractivity (Wildman–Crippen MR) is 101 cm³/mol. The summed E-state index contributed by atoms with van der Waals surface area (Å²) in [6, 6.07) is 15.0. The molecule has 2 aliphatic rings. The van der Waals surface area contributed by atoms with Gasteiger partial charge in [0, 0.05) is 17.9 Å². The maximum atomic E-state index is 12.7. The summed E-state index contributed by atoms with van der Waals surface area (Å²) in [6.07, 6.45) is 0.743. The zero-order valence-electron chi connectivity index (χ0n) is 14.5. The van der Waals surface area contributed by atoms with Crippen molar-refractivity contribution in [3.63, 3.8) is 0 Å². The van der Waals surface area contributed by atoms with Gasteiger partial charge in [0.15, 0.2) is 0 Å². The number of methoxy groups -OCH3 is 1. The van der Waals surface area contributed by atoms with Crippen LogP contribution in [0.3, 0.4) is 0 Å². The van der Waals surface area contributed by atoms with Crippen LogP contribution in [-0.2, 0) is 11.2 Å². The van der Waals surface area contributed by atoms with E-state index in [2.05, 4.69) is 5.32 Å². The number of ether oxygens (including phenoxy) is 1. The molecule has 2 aromatic carbocycles. The molecule has 0 aromatic heterocycles. The Labute approximate surface area is 156 Å². The number of carbonyl (C=O) groups excluding carboxylic acids is 2. The molecule has 1 unspecified atom stereocenters. The normalized spacial score (nSPS) is 20.7. The summed E-state index contributed by atoms with van der Waals surface area (Å²) in [5.41, 5.74) is 2.88. The van der Waals surface area contributed by atoms with Crippen LogP contribution in [0.1, 0.15) is 26.9 Å². The maximum Gasteiger partial charge on any atom is 0.256 e. The zero-order valence-corrected chi connectivity index (χ0v) is 15.3. The third-order valence-electron chi connectivity index (χ3n) is 4.87. The molecule has 0 radical (unpaired) electrons. The minimum atomic E-state index is -0.402. The van der Waals surface area contributed by atoms with E-state index in [1.165, 1.54) is 0 Å². The van der Waals surface area contributed by atoms with Crippen LogP contribution >= 0.6 is 11.8 Å². The molecule has 5 nitrogen and oxygen atoms in total. The Morgan fingerprint density at radius 1 is 1.23 bits per heavy atom. The van der Waals surface area contributed by atoms with Crippen molar-refractivity contribution in [3.8, 4) is 5.75 Å². The van der Waals surface area contributed by atoms with Crippen molar-refractivity contribution in [2.45, 2.75) is 17.8 Å². The molecule has 4 rings (SSSR count). The molecule has 1 saturated heterocycles. The molecule has 26 heavy (non-hydrogen) atoms. The molecule has 0 spiro atoms. The second-order valence-electron chi connectivity index (χ2n) is 6.39.